The molecule has 0 unspecified atom stereocenters. The van der Waals surface area contributed by atoms with Crippen molar-refractivity contribution in [2.24, 2.45) is 0 Å². The maximum absolute atomic E-state index is 13.1. The summed E-state index contributed by atoms with van der Waals surface area (Å²) in [6.07, 6.45) is 0. The first-order valence-electron chi connectivity index (χ1n) is 9.94. The van der Waals surface area contributed by atoms with Gasteiger partial charge in [-0.25, -0.2) is 0 Å². The van der Waals surface area contributed by atoms with Crippen LogP contribution in [0.1, 0.15) is 15.9 Å². The lowest BCUT2D eigenvalue weighted by Gasteiger charge is -2.19. The molecule has 0 bridgehead atoms. The molecule has 4 aromatic rings. The third kappa shape index (κ3) is 3.42. The van der Waals surface area contributed by atoms with Crippen LogP contribution in [0.15, 0.2) is 75.9 Å². The summed E-state index contributed by atoms with van der Waals surface area (Å²) in [6.45, 7) is 2.69. The molecule has 2 heterocycles. The lowest BCUT2D eigenvalue weighted by atomic mass is 10.0. The minimum atomic E-state index is -0.381. The largest absolute Gasteiger partial charge is 0.486 e. The summed E-state index contributed by atoms with van der Waals surface area (Å²) in [5.41, 5.74) is 2.22. The zero-order chi connectivity index (χ0) is 21.4. The van der Waals surface area contributed by atoms with Crippen LogP contribution in [-0.2, 0) is 0 Å². The number of carbonyl (C=O) groups is 1. The fourth-order valence-electron chi connectivity index (χ4n) is 3.67. The highest BCUT2D eigenvalue weighted by Gasteiger charge is 2.19. The average Bonchev–Trinajstić information content (AvgIpc) is 2.81. The topological polar surface area (TPSA) is 77.8 Å². The predicted octanol–water partition coefficient (Wildman–Crippen LogP) is 4.79. The number of nitrogens with one attached hydrogen (secondary N) is 1. The van der Waals surface area contributed by atoms with E-state index in [1.165, 1.54) is 0 Å². The molecule has 5 rings (SSSR count). The van der Waals surface area contributed by atoms with E-state index in [9.17, 15) is 9.59 Å². The summed E-state index contributed by atoms with van der Waals surface area (Å²) in [4.78, 5) is 26.1. The van der Waals surface area contributed by atoms with Gasteiger partial charge >= 0.3 is 0 Å². The van der Waals surface area contributed by atoms with E-state index < -0.39 is 0 Å². The van der Waals surface area contributed by atoms with Crippen LogP contribution < -0.4 is 20.2 Å². The Morgan fingerprint density at radius 2 is 1.68 bits per heavy atom. The Hall–Kier alpha value is -4.06. The van der Waals surface area contributed by atoms with Crippen LogP contribution in [-0.4, -0.2) is 19.1 Å². The Kier molecular flexibility index (Phi) is 4.67. The number of benzene rings is 3. The van der Waals surface area contributed by atoms with Crippen molar-refractivity contribution >= 4 is 22.6 Å². The van der Waals surface area contributed by atoms with Crippen LogP contribution in [0.25, 0.3) is 22.3 Å². The predicted molar refractivity (Wildman–Crippen MR) is 118 cm³/mol. The quantitative estimate of drug-likeness (QED) is 0.522. The van der Waals surface area contributed by atoms with Gasteiger partial charge in [0.2, 0.25) is 0 Å². The van der Waals surface area contributed by atoms with Crippen molar-refractivity contribution in [2.75, 3.05) is 18.5 Å². The van der Waals surface area contributed by atoms with Crippen molar-refractivity contribution in [3.63, 3.8) is 0 Å². The highest BCUT2D eigenvalue weighted by molar-refractivity contribution is 6.11. The van der Waals surface area contributed by atoms with E-state index in [0.717, 1.165) is 5.56 Å². The minimum Gasteiger partial charge on any atom is -0.486 e. The van der Waals surface area contributed by atoms with Gasteiger partial charge in [-0.2, -0.15) is 0 Å². The first-order valence-corrected chi connectivity index (χ1v) is 9.94. The van der Waals surface area contributed by atoms with E-state index in [0.29, 0.717) is 47.1 Å². The van der Waals surface area contributed by atoms with Crippen LogP contribution in [0, 0.1) is 6.92 Å². The Morgan fingerprint density at radius 1 is 0.903 bits per heavy atom. The van der Waals surface area contributed by atoms with Crippen LogP contribution in [0.2, 0.25) is 0 Å². The molecule has 0 aliphatic carbocycles. The molecule has 1 N–H and O–H groups in total. The monoisotopic (exact) mass is 413 g/mol. The molecule has 0 atom stereocenters. The summed E-state index contributed by atoms with van der Waals surface area (Å²) in [7, 11) is 0. The van der Waals surface area contributed by atoms with Crippen molar-refractivity contribution in [1.82, 2.24) is 0 Å². The summed E-state index contributed by atoms with van der Waals surface area (Å²) >= 11 is 0. The van der Waals surface area contributed by atoms with E-state index in [-0.39, 0.29) is 22.5 Å². The Labute approximate surface area is 178 Å². The van der Waals surface area contributed by atoms with Crippen molar-refractivity contribution in [2.45, 2.75) is 6.92 Å². The Morgan fingerprint density at radius 3 is 2.48 bits per heavy atom. The number of hydrogen-bond donors (Lipinski definition) is 1. The molecule has 1 amide bonds. The highest BCUT2D eigenvalue weighted by Crippen LogP contribution is 2.33. The molecule has 0 saturated carbocycles. The van der Waals surface area contributed by atoms with Crippen LogP contribution in [0.5, 0.6) is 11.5 Å². The second-order valence-electron chi connectivity index (χ2n) is 7.25. The summed E-state index contributed by atoms with van der Waals surface area (Å²) in [5.74, 6) is 1.30. The van der Waals surface area contributed by atoms with Gasteiger partial charge in [0.25, 0.3) is 5.91 Å². The number of hydrogen-bond acceptors (Lipinski definition) is 5. The van der Waals surface area contributed by atoms with E-state index >= 15 is 0 Å². The van der Waals surface area contributed by atoms with Gasteiger partial charge in [0.05, 0.1) is 10.9 Å². The first kappa shape index (κ1) is 18.9. The number of ether oxygens (including phenoxy) is 2. The Bertz CT molecular complexity index is 1360. The van der Waals surface area contributed by atoms with Gasteiger partial charge in [-0.15, -0.1) is 0 Å². The average molecular weight is 413 g/mol. The lowest BCUT2D eigenvalue weighted by Crippen LogP contribution is -2.17. The highest BCUT2D eigenvalue weighted by atomic mass is 16.6. The second-order valence-corrected chi connectivity index (χ2v) is 7.25. The SMILES string of the molecule is Cc1c(-c2ccccc2)oc2c(C(=O)Nc3ccc4c(c3)OCCO4)cccc2c1=O. The van der Waals surface area contributed by atoms with Crippen molar-refractivity contribution < 1.29 is 18.7 Å². The number of para-hydroxylation sites is 1. The van der Waals surface area contributed by atoms with E-state index in [2.05, 4.69) is 5.32 Å². The van der Waals surface area contributed by atoms with Crippen LogP contribution >= 0.6 is 0 Å². The lowest BCUT2D eigenvalue weighted by molar-refractivity contribution is 0.102. The number of carbonyl (C=O) groups excluding carboxylic acids is 1. The second kappa shape index (κ2) is 7.65. The zero-order valence-electron chi connectivity index (χ0n) is 16.8. The molecule has 0 saturated heterocycles. The molecular weight excluding hydrogens is 394 g/mol. The van der Waals surface area contributed by atoms with Gasteiger partial charge in [-0.1, -0.05) is 36.4 Å². The molecule has 154 valence electrons. The molecule has 1 aliphatic rings. The number of fused-ring (bicyclic) bond motifs is 2. The van der Waals surface area contributed by atoms with Gasteiger partial charge < -0.3 is 19.2 Å². The van der Waals surface area contributed by atoms with Crippen LogP contribution in [0.4, 0.5) is 5.69 Å². The third-order valence-electron chi connectivity index (χ3n) is 5.23. The fraction of sp³-hybridized carbons (Fsp3) is 0.120. The third-order valence-corrected chi connectivity index (χ3v) is 5.23. The van der Waals surface area contributed by atoms with Crippen molar-refractivity contribution in [3.8, 4) is 22.8 Å². The minimum absolute atomic E-state index is 0.158. The van der Waals surface area contributed by atoms with Gasteiger partial charge in [0.1, 0.15) is 19.0 Å². The molecule has 0 fully saturated rings. The van der Waals surface area contributed by atoms with Gasteiger partial charge in [0.15, 0.2) is 22.5 Å². The van der Waals surface area contributed by atoms with Gasteiger partial charge in [-0.3, -0.25) is 9.59 Å². The molecule has 31 heavy (non-hydrogen) atoms. The zero-order valence-corrected chi connectivity index (χ0v) is 16.8. The van der Waals surface area contributed by atoms with E-state index in [1.807, 2.05) is 30.3 Å². The Balaban J connectivity index is 1.57. The molecule has 6 nitrogen and oxygen atoms in total. The van der Waals surface area contributed by atoms with Crippen molar-refractivity contribution in [1.29, 1.82) is 0 Å². The number of amides is 1. The molecule has 6 heteroatoms. The van der Waals surface area contributed by atoms with Crippen molar-refractivity contribution in [3.05, 3.63) is 88.1 Å². The first-order chi connectivity index (χ1) is 15.1. The van der Waals surface area contributed by atoms with E-state index in [4.69, 9.17) is 13.9 Å². The molecule has 3 aromatic carbocycles. The maximum atomic E-state index is 13.1. The van der Waals surface area contributed by atoms with E-state index in [1.54, 1.807) is 43.3 Å². The fourth-order valence-corrected chi connectivity index (χ4v) is 3.67. The van der Waals surface area contributed by atoms with Gasteiger partial charge in [-0.05, 0) is 31.2 Å². The molecule has 0 spiro atoms. The number of rotatable bonds is 3. The smallest absolute Gasteiger partial charge is 0.259 e. The molecule has 1 aromatic heterocycles. The summed E-state index contributed by atoms with van der Waals surface area (Å²) in [6, 6.07) is 19.6. The molecular formula is C25H19NO5. The normalized spacial score (nSPS) is 12.5. The molecule has 1 aliphatic heterocycles. The van der Waals surface area contributed by atoms with Gasteiger partial charge in [0, 0.05) is 22.9 Å². The maximum Gasteiger partial charge on any atom is 0.259 e. The molecule has 0 radical (unpaired) electrons. The van der Waals surface area contributed by atoms with Crippen LogP contribution in [0.3, 0.4) is 0 Å². The number of anilines is 1. The summed E-state index contributed by atoms with van der Waals surface area (Å²) in [5, 5.41) is 3.22. The standard InChI is InChI=1S/C25H19NO5/c1-15-22(27)18-8-5-9-19(24(18)31-23(15)16-6-3-2-4-7-16)25(28)26-17-10-11-20-21(14-17)30-13-12-29-20/h2-11,14H,12-13H2,1H3,(H,26,28). The summed E-state index contributed by atoms with van der Waals surface area (Å²) < 4.78 is 17.2.